The highest BCUT2D eigenvalue weighted by Gasteiger charge is 2.50. The van der Waals surface area contributed by atoms with E-state index in [2.05, 4.69) is 28.3 Å². The standard InChI is InChI=1S/C22H17N3OS2/c1-22(19-14-27-15-23-19)24(16-8-3-2-4-9-16)21(26)17-10-5-6-11-18(17)25(22)20-12-7-13-28-20/h2-15H,1H3. The predicted octanol–water partition coefficient (Wildman–Crippen LogP) is 5.88. The van der Waals surface area contributed by atoms with Gasteiger partial charge in [-0.3, -0.25) is 9.69 Å². The summed E-state index contributed by atoms with van der Waals surface area (Å²) in [5.41, 5.74) is 4.31. The van der Waals surface area contributed by atoms with Gasteiger partial charge in [-0.25, -0.2) is 4.98 Å². The molecule has 0 spiro atoms. The molecule has 0 radical (unpaired) electrons. The summed E-state index contributed by atoms with van der Waals surface area (Å²) in [4.78, 5) is 22.5. The van der Waals surface area contributed by atoms with Crippen molar-refractivity contribution in [2.75, 3.05) is 9.80 Å². The van der Waals surface area contributed by atoms with Gasteiger partial charge in [0.15, 0.2) is 5.66 Å². The Hall–Kier alpha value is -2.96. The van der Waals surface area contributed by atoms with E-state index in [0.29, 0.717) is 5.56 Å². The van der Waals surface area contributed by atoms with E-state index in [0.717, 1.165) is 22.1 Å². The van der Waals surface area contributed by atoms with Crippen molar-refractivity contribution in [3.05, 3.63) is 94.3 Å². The molecule has 0 saturated heterocycles. The van der Waals surface area contributed by atoms with Crippen molar-refractivity contribution in [2.24, 2.45) is 0 Å². The molecule has 2 aromatic carbocycles. The lowest BCUT2D eigenvalue weighted by Crippen LogP contribution is -2.60. The molecule has 1 atom stereocenters. The van der Waals surface area contributed by atoms with Gasteiger partial charge in [-0.05, 0) is 48.7 Å². The highest BCUT2D eigenvalue weighted by molar-refractivity contribution is 7.14. The number of aromatic nitrogens is 1. The van der Waals surface area contributed by atoms with E-state index in [1.54, 1.807) is 11.3 Å². The van der Waals surface area contributed by atoms with Crippen molar-refractivity contribution in [1.29, 1.82) is 0 Å². The average Bonchev–Trinajstić information content (AvgIpc) is 3.44. The van der Waals surface area contributed by atoms with Gasteiger partial charge in [-0.1, -0.05) is 30.3 Å². The third-order valence-corrected chi connectivity index (χ3v) is 6.55. The molecule has 0 fully saturated rings. The maximum absolute atomic E-state index is 13.7. The topological polar surface area (TPSA) is 36.4 Å². The summed E-state index contributed by atoms with van der Waals surface area (Å²) in [6.45, 7) is 2.07. The number of nitrogens with zero attached hydrogens (tertiary/aromatic N) is 3. The van der Waals surface area contributed by atoms with Gasteiger partial charge in [0.25, 0.3) is 5.91 Å². The molecular weight excluding hydrogens is 386 g/mol. The van der Waals surface area contributed by atoms with E-state index in [4.69, 9.17) is 0 Å². The molecule has 6 heteroatoms. The number of rotatable bonds is 3. The van der Waals surface area contributed by atoms with Crippen molar-refractivity contribution in [1.82, 2.24) is 4.98 Å². The maximum atomic E-state index is 13.7. The molecule has 0 saturated carbocycles. The fourth-order valence-corrected chi connectivity index (χ4v) is 5.34. The van der Waals surface area contributed by atoms with Crippen LogP contribution in [0.25, 0.3) is 0 Å². The number of hydrogen-bond acceptors (Lipinski definition) is 5. The Labute approximate surface area is 171 Å². The number of carbonyl (C=O) groups is 1. The number of para-hydroxylation sites is 2. The Morgan fingerprint density at radius 3 is 2.43 bits per heavy atom. The lowest BCUT2D eigenvalue weighted by Gasteiger charge is -2.51. The molecule has 138 valence electrons. The maximum Gasteiger partial charge on any atom is 0.262 e. The molecule has 0 N–H and O–H groups in total. The summed E-state index contributed by atoms with van der Waals surface area (Å²) in [6.07, 6.45) is 0. The lowest BCUT2D eigenvalue weighted by atomic mass is 9.94. The van der Waals surface area contributed by atoms with Crippen molar-refractivity contribution < 1.29 is 4.79 Å². The predicted molar refractivity (Wildman–Crippen MR) is 116 cm³/mol. The molecule has 0 aliphatic carbocycles. The third-order valence-electron chi connectivity index (χ3n) is 5.11. The minimum absolute atomic E-state index is 0.0230. The molecule has 0 bridgehead atoms. The zero-order valence-corrected chi connectivity index (χ0v) is 16.8. The zero-order valence-electron chi connectivity index (χ0n) is 15.1. The first-order valence-electron chi connectivity index (χ1n) is 8.92. The Balaban J connectivity index is 1.86. The van der Waals surface area contributed by atoms with E-state index in [9.17, 15) is 4.79 Å². The van der Waals surface area contributed by atoms with Crippen LogP contribution in [0.15, 0.2) is 83.0 Å². The van der Waals surface area contributed by atoms with Crippen LogP contribution < -0.4 is 9.80 Å². The van der Waals surface area contributed by atoms with Crippen LogP contribution in [0.5, 0.6) is 0 Å². The molecule has 3 heterocycles. The first-order valence-corrected chi connectivity index (χ1v) is 10.7. The number of fused-ring (bicyclic) bond motifs is 1. The molecule has 1 aliphatic rings. The fraction of sp³-hybridized carbons (Fsp3) is 0.0909. The number of carbonyl (C=O) groups excluding carboxylic acids is 1. The first kappa shape index (κ1) is 17.2. The number of anilines is 3. The van der Waals surface area contributed by atoms with E-state index < -0.39 is 5.66 Å². The van der Waals surface area contributed by atoms with Crippen LogP contribution in [0, 0.1) is 0 Å². The Kier molecular flexibility index (Phi) is 4.03. The normalized spacial score (nSPS) is 19.0. The SMILES string of the molecule is CC1(c2cscn2)N(c2ccccc2)C(=O)c2ccccc2N1c1cccs1. The second-order valence-corrected chi connectivity index (χ2v) is 8.32. The number of thiazole rings is 1. The molecule has 1 unspecified atom stereocenters. The Morgan fingerprint density at radius 2 is 1.71 bits per heavy atom. The highest BCUT2D eigenvalue weighted by atomic mass is 32.1. The summed E-state index contributed by atoms with van der Waals surface area (Å²) in [5, 5.41) is 5.15. The third kappa shape index (κ3) is 2.42. The quantitative estimate of drug-likeness (QED) is 0.429. The summed E-state index contributed by atoms with van der Waals surface area (Å²) < 4.78 is 0. The van der Waals surface area contributed by atoms with Crippen LogP contribution in [-0.2, 0) is 5.66 Å². The molecule has 4 nitrogen and oxygen atoms in total. The average molecular weight is 404 g/mol. The minimum atomic E-state index is -0.794. The summed E-state index contributed by atoms with van der Waals surface area (Å²) in [7, 11) is 0. The van der Waals surface area contributed by atoms with Gasteiger partial charge in [0, 0.05) is 11.1 Å². The molecule has 1 aliphatic heterocycles. The first-order chi connectivity index (χ1) is 13.7. The number of hydrogen-bond donors (Lipinski definition) is 0. The van der Waals surface area contributed by atoms with Gasteiger partial charge in [0.05, 0.1) is 27.5 Å². The zero-order chi connectivity index (χ0) is 19.1. The molecule has 2 aromatic heterocycles. The fourth-order valence-electron chi connectivity index (χ4n) is 3.85. The molecule has 4 aromatic rings. The summed E-state index contributed by atoms with van der Waals surface area (Å²) in [5.74, 6) is -0.0230. The van der Waals surface area contributed by atoms with Crippen molar-refractivity contribution in [3.8, 4) is 0 Å². The van der Waals surface area contributed by atoms with Crippen LogP contribution in [0.3, 0.4) is 0 Å². The second kappa shape index (κ2) is 6.58. The van der Waals surface area contributed by atoms with Gasteiger partial charge in [0.1, 0.15) is 0 Å². The van der Waals surface area contributed by atoms with Crippen LogP contribution in [-0.4, -0.2) is 10.9 Å². The highest BCUT2D eigenvalue weighted by Crippen LogP contribution is 2.50. The van der Waals surface area contributed by atoms with Gasteiger partial charge >= 0.3 is 0 Å². The monoisotopic (exact) mass is 403 g/mol. The smallest absolute Gasteiger partial charge is 0.262 e. The minimum Gasteiger partial charge on any atom is -0.303 e. The van der Waals surface area contributed by atoms with Crippen molar-refractivity contribution in [2.45, 2.75) is 12.6 Å². The van der Waals surface area contributed by atoms with Gasteiger partial charge in [-0.2, -0.15) is 0 Å². The lowest BCUT2D eigenvalue weighted by molar-refractivity contribution is 0.0948. The summed E-state index contributed by atoms with van der Waals surface area (Å²) in [6, 6.07) is 21.8. The van der Waals surface area contributed by atoms with Crippen LogP contribution in [0.2, 0.25) is 0 Å². The van der Waals surface area contributed by atoms with Crippen LogP contribution in [0.1, 0.15) is 23.0 Å². The summed E-state index contributed by atoms with van der Waals surface area (Å²) >= 11 is 3.19. The second-order valence-electron chi connectivity index (χ2n) is 6.67. The number of benzene rings is 2. The van der Waals surface area contributed by atoms with Gasteiger partial charge in [0.2, 0.25) is 0 Å². The van der Waals surface area contributed by atoms with Gasteiger partial charge < -0.3 is 4.90 Å². The van der Waals surface area contributed by atoms with Crippen molar-refractivity contribution in [3.63, 3.8) is 0 Å². The van der Waals surface area contributed by atoms with Gasteiger partial charge in [-0.15, -0.1) is 22.7 Å². The van der Waals surface area contributed by atoms with Crippen molar-refractivity contribution >= 4 is 45.0 Å². The Morgan fingerprint density at radius 1 is 0.929 bits per heavy atom. The molecule has 1 amide bonds. The molecule has 28 heavy (non-hydrogen) atoms. The van der Waals surface area contributed by atoms with Crippen LogP contribution in [0.4, 0.5) is 16.4 Å². The molecule has 5 rings (SSSR count). The van der Waals surface area contributed by atoms with E-state index in [-0.39, 0.29) is 5.91 Å². The molecular formula is C22H17N3OS2. The van der Waals surface area contributed by atoms with E-state index >= 15 is 0 Å². The number of amides is 1. The largest absolute Gasteiger partial charge is 0.303 e. The van der Waals surface area contributed by atoms with E-state index in [1.165, 1.54) is 11.3 Å². The van der Waals surface area contributed by atoms with Crippen LogP contribution >= 0.6 is 22.7 Å². The van der Waals surface area contributed by atoms with E-state index in [1.807, 2.05) is 76.5 Å². The Bertz CT molecular complexity index is 1110. The number of thiophene rings is 1.